The zero-order valence-electron chi connectivity index (χ0n) is 13.8. The fraction of sp³-hybridized carbons (Fsp3) is 0.316. The molecule has 2 aromatic carbocycles. The maximum absolute atomic E-state index is 12.4. The van der Waals surface area contributed by atoms with Gasteiger partial charge in [0, 0.05) is 25.0 Å². The second-order valence-corrected chi connectivity index (χ2v) is 6.86. The molecule has 1 amide bonds. The molecule has 1 heterocycles. The lowest BCUT2D eigenvalue weighted by atomic mass is 9.95. The summed E-state index contributed by atoms with van der Waals surface area (Å²) in [4.78, 5) is 14.3. The molecular weight excluding hydrogens is 404 g/mol. The van der Waals surface area contributed by atoms with Crippen molar-refractivity contribution in [3.05, 3.63) is 64.6 Å². The smallest absolute Gasteiger partial charge is 0.226 e. The maximum atomic E-state index is 12.4. The van der Waals surface area contributed by atoms with E-state index in [1.54, 1.807) is 0 Å². The van der Waals surface area contributed by atoms with E-state index in [0.717, 1.165) is 10.2 Å². The Kier molecular flexibility index (Phi) is 7.29. The third-order valence-electron chi connectivity index (χ3n) is 4.36. The van der Waals surface area contributed by atoms with Crippen LogP contribution in [0.3, 0.4) is 0 Å². The van der Waals surface area contributed by atoms with Crippen LogP contribution in [0.2, 0.25) is 0 Å². The highest BCUT2D eigenvalue weighted by molar-refractivity contribution is 9.10. The number of rotatable bonds is 5. The van der Waals surface area contributed by atoms with E-state index in [4.69, 9.17) is 10.5 Å². The number of hydrogen-bond acceptors (Lipinski definition) is 3. The molecule has 2 aromatic rings. The molecule has 25 heavy (non-hydrogen) atoms. The summed E-state index contributed by atoms with van der Waals surface area (Å²) in [5, 5.41) is 0. The number of carbonyl (C=O) groups excluding carboxylic acids is 1. The number of nitrogens with zero attached hydrogens (tertiary/aromatic N) is 1. The molecule has 2 N–H and O–H groups in total. The van der Waals surface area contributed by atoms with E-state index in [2.05, 4.69) is 28.1 Å². The van der Waals surface area contributed by atoms with Gasteiger partial charge in [0.25, 0.3) is 0 Å². The van der Waals surface area contributed by atoms with Crippen molar-refractivity contribution in [3.8, 4) is 5.75 Å². The Balaban J connectivity index is 0.00000225. The van der Waals surface area contributed by atoms with Crippen molar-refractivity contribution in [2.24, 2.45) is 5.73 Å². The number of para-hydroxylation sites is 1. The van der Waals surface area contributed by atoms with E-state index in [-0.39, 0.29) is 30.3 Å². The Hall–Kier alpha value is -1.56. The molecule has 6 heteroatoms. The highest BCUT2D eigenvalue weighted by atomic mass is 79.9. The first-order valence-corrected chi connectivity index (χ1v) is 8.90. The average molecular weight is 426 g/mol. The molecule has 0 radical (unpaired) electrons. The lowest BCUT2D eigenvalue weighted by Gasteiger charge is -2.17. The Labute approximate surface area is 162 Å². The van der Waals surface area contributed by atoms with E-state index in [9.17, 15) is 4.79 Å². The zero-order valence-corrected chi connectivity index (χ0v) is 16.2. The second kappa shape index (κ2) is 9.22. The van der Waals surface area contributed by atoms with Gasteiger partial charge < -0.3 is 15.4 Å². The summed E-state index contributed by atoms with van der Waals surface area (Å²) >= 11 is 3.43. The van der Waals surface area contributed by atoms with Gasteiger partial charge in [-0.1, -0.05) is 42.5 Å². The molecule has 2 atom stereocenters. The summed E-state index contributed by atoms with van der Waals surface area (Å²) in [5.74, 6) is 1.06. The summed E-state index contributed by atoms with van der Waals surface area (Å²) < 4.78 is 6.57. The van der Waals surface area contributed by atoms with Crippen molar-refractivity contribution in [3.63, 3.8) is 0 Å². The van der Waals surface area contributed by atoms with Crippen molar-refractivity contribution in [2.45, 2.75) is 18.4 Å². The zero-order chi connectivity index (χ0) is 16.9. The van der Waals surface area contributed by atoms with Crippen LogP contribution in [-0.2, 0) is 4.79 Å². The average Bonchev–Trinajstić information content (AvgIpc) is 2.99. The van der Waals surface area contributed by atoms with Crippen LogP contribution in [0, 0.1) is 0 Å². The van der Waals surface area contributed by atoms with Gasteiger partial charge >= 0.3 is 0 Å². The van der Waals surface area contributed by atoms with Gasteiger partial charge in [-0.2, -0.15) is 0 Å². The molecule has 1 fully saturated rings. The molecule has 1 aliphatic rings. The molecule has 0 unspecified atom stereocenters. The summed E-state index contributed by atoms with van der Waals surface area (Å²) in [6, 6.07) is 17.8. The van der Waals surface area contributed by atoms with Gasteiger partial charge in [0.05, 0.1) is 17.5 Å². The number of nitrogens with two attached hydrogens (primary N) is 1. The number of benzene rings is 2. The predicted octanol–water partition coefficient (Wildman–Crippen LogP) is 3.59. The molecule has 0 saturated carbocycles. The van der Waals surface area contributed by atoms with Crippen molar-refractivity contribution in [1.29, 1.82) is 0 Å². The second-order valence-electron chi connectivity index (χ2n) is 6.01. The third kappa shape index (κ3) is 4.97. The van der Waals surface area contributed by atoms with Crippen LogP contribution in [0.25, 0.3) is 0 Å². The van der Waals surface area contributed by atoms with Crippen LogP contribution in [0.15, 0.2) is 59.1 Å². The molecule has 1 aliphatic heterocycles. The SMILES string of the molecule is Cl.N[C@@H]1CN(C(=O)CCOc2ccccc2Br)C[C@H]1c1ccccc1. The normalized spacial score (nSPS) is 19.4. The van der Waals surface area contributed by atoms with Crippen LogP contribution < -0.4 is 10.5 Å². The van der Waals surface area contributed by atoms with Gasteiger partial charge in [-0.15, -0.1) is 12.4 Å². The Morgan fingerprint density at radius 1 is 1.12 bits per heavy atom. The van der Waals surface area contributed by atoms with Crippen LogP contribution in [-0.4, -0.2) is 36.5 Å². The van der Waals surface area contributed by atoms with Gasteiger partial charge in [-0.05, 0) is 33.6 Å². The number of ether oxygens (including phenoxy) is 1. The first-order chi connectivity index (χ1) is 11.6. The lowest BCUT2D eigenvalue weighted by Crippen LogP contribution is -2.32. The van der Waals surface area contributed by atoms with Crippen molar-refractivity contribution < 1.29 is 9.53 Å². The topological polar surface area (TPSA) is 55.6 Å². The highest BCUT2D eigenvalue weighted by Crippen LogP contribution is 2.27. The summed E-state index contributed by atoms with van der Waals surface area (Å²) in [5.41, 5.74) is 7.45. The third-order valence-corrected chi connectivity index (χ3v) is 5.01. The van der Waals surface area contributed by atoms with Gasteiger partial charge in [0.1, 0.15) is 5.75 Å². The molecule has 0 bridgehead atoms. The van der Waals surface area contributed by atoms with Crippen molar-refractivity contribution >= 4 is 34.2 Å². The van der Waals surface area contributed by atoms with Gasteiger partial charge in [0.2, 0.25) is 5.91 Å². The first-order valence-electron chi connectivity index (χ1n) is 8.11. The Morgan fingerprint density at radius 3 is 2.52 bits per heavy atom. The van der Waals surface area contributed by atoms with Gasteiger partial charge in [-0.3, -0.25) is 4.79 Å². The molecule has 3 rings (SSSR count). The van der Waals surface area contributed by atoms with E-state index in [1.165, 1.54) is 5.56 Å². The minimum atomic E-state index is -0.0134. The maximum Gasteiger partial charge on any atom is 0.226 e. The number of likely N-dealkylation sites (tertiary alicyclic amines) is 1. The highest BCUT2D eigenvalue weighted by Gasteiger charge is 2.33. The van der Waals surface area contributed by atoms with Gasteiger partial charge in [0.15, 0.2) is 0 Å². The molecular formula is C19H22BrClN2O2. The van der Waals surface area contributed by atoms with E-state index in [0.29, 0.717) is 26.1 Å². The minimum absolute atomic E-state index is 0. The van der Waals surface area contributed by atoms with Crippen molar-refractivity contribution in [1.82, 2.24) is 4.90 Å². The van der Waals surface area contributed by atoms with Gasteiger partial charge in [-0.25, -0.2) is 0 Å². The quantitative estimate of drug-likeness (QED) is 0.796. The van der Waals surface area contributed by atoms with E-state index < -0.39 is 0 Å². The summed E-state index contributed by atoms with van der Waals surface area (Å²) in [6.45, 7) is 1.65. The Bertz CT molecular complexity index is 699. The summed E-state index contributed by atoms with van der Waals surface area (Å²) in [6.07, 6.45) is 0.357. The molecule has 0 aliphatic carbocycles. The summed E-state index contributed by atoms with van der Waals surface area (Å²) in [7, 11) is 0. The molecule has 134 valence electrons. The Morgan fingerprint density at radius 2 is 1.80 bits per heavy atom. The first kappa shape index (κ1) is 19.8. The molecule has 1 saturated heterocycles. The largest absolute Gasteiger partial charge is 0.492 e. The molecule has 0 spiro atoms. The van der Waals surface area contributed by atoms with Crippen LogP contribution >= 0.6 is 28.3 Å². The van der Waals surface area contributed by atoms with E-state index >= 15 is 0 Å². The monoisotopic (exact) mass is 424 g/mol. The van der Waals surface area contributed by atoms with Crippen LogP contribution in [0.4, 0.5) is 0 Å². The minimum Gasteiger partial charge on any atom is -0.492 e. The van der Waals surface area contributed by atoms with Crippen LogP contribution in [0.5, 0.6) is 5.75 Å². The fourth-order valence-corrected chi connectivity index (χ4v) is 3.45. The molecule has 0 aromatic heterocycles. The fourth-order valence-electron chi connectivity index (χ4n) is 3.05. The number of halogens is 2. The van der Waals surface area contributed by atoms with Crippen LogP contribution in [0.1, 0.15) is 17.9 Å². The standard InChI is InChI=1S/C19H21BrN2O2.ClH/c20-16-8-4-5-9-18(16)24-11-10-19(23)22-12-15(17(21)13-22)14-6-2-1-3-7-14;/h1-9,15,17H,10-13,21H2;1H/t15-,17+;/m0./s1. The predicted molar refractivity (Wildman–Crippen MR) is 105 cm³/mol. The lowest BCUT2D eigenvalue weighted by molar-refractivity contribution is -0.130. The number of carbonyl (C=O) groups is 1. The van der Waals surface area contributed by atoms with E-state index in [1.807, 2.05) is 47.4 Å². The number of hydrogen-bond donors (Lipinski definition) is 1. The molecule has 4 nitrogen and oxygen atoms in total. The van der Waals surface area contributed by atoms with Crippen molar-refractivity contribution in [2.75, 3.05) is 19.7 Å². The number of amides is 1.